The van der Waals surface area contributed by atoms with Crippen LogP contribution >= 0.6 is 0 Å². The van der Waals surface area contributed by atoms with Gasteiger partial charge in [0.1, 0.15) is 11.9 Å². The average Bonchev–Trinajstić information content (AvgIpc) is 3.10. The molecule has 2 atom stereocenters. The molecule has 3 aromatic carbocycles. The van der Waals surface area contributed by atoms with Crippen LogP contribution in [0.4, 0.5) is 10.1 Å². The Balaban J connectivity index is 1.95. The van der Waals surface area contributed by atoms with E-state index in [2.05, 4.69) is 6.58 Å². The molecule has 0 N–H and O–H groups in total. The van der Waals surface area contributed by atoms with Crippen molar-refractivity contribution in [1.29, 1.82) is 0 Å². The van der Waals surface area contributed by atoms with E-state index in [0.29, 0.717) is 5.56 Å². The van der Waals surface area contributed by atoms with Gasteiger partial charge in [0.05, 0.1) is 10.6 Å². The Morgan fingerprint density at radius 1 is 1.00 bits per heavy atom. The van der Waals surface area contributed by atoms with Gasteiger partial charge in [0.25, 0.3) is 10.0 Å². The van der Waals surface area contributed by atoms with E-state index in [0.717, 1.165) is 9.87 Å². The summed E-state index contributed by atoms with van der Waals surface area (Å²) in [6, 6.07) is 17.9. The van der Waals surface area contributed by atoms with Crippen molar-refractivity contribution in [2.24, 2.45) is 0 Å². The zero-order valence-electron chi connectivity index (χ0n) is 16.3. The van der Waals surface area contributed by atoms with Crippen molar-refractivity contribution in [2.45, 2.75) is 23.8 Å². The number of carbonyl (C=O) groups is 1. The first-order valence-electron chi connectivity index (χ1n) is 9.47. The summed E-state index contributed by atoms with van der Waals surface area (Å²) in [5.74, 6) is -1.79. The second-order valence-corrected chi connectivity index (χ2v) is 9.04. The number of fused-ring (bicyclic) bond motifs is 1. The maximum absolute atomic E-state index is 14.8. The maximum atomic E-state index is 14.8. The second kappa shape index (κ2) is 7.54. The SMILES string of the molecule is C=C[C@@H]1c2c(F)cccc2N(S(=O)(=O)c2ccc(C)cc2)[C@H]1C(=O)c1ccccc1. The smallest absolute Gasteiger partial charge is 0.265 e. The Labute approximate surface area is 175 Å². The van der Waals surface area contributed by atoms with Crippen LogP contribution in [0.25, 0.3) is 0 Å². The van der Waals surface area contributed by atoms with Gasteiger partial charge in [0.15, 0.2) is 5.78 Å². The van der Waals surface area contributed by atoms with Gasteiger partial charge in [-0.3, -0.25) is 9.10 Å². The van der Waals surface area contributed by atoms with E-state index in [4.69, 9.17) is 0 Å². The number of hydrogen-bond acceptors (Lipinski definition) is 3. The minimum Gasteiger partial charge on any atom is -0.292 e. The lowest BCUT2D eigenvalue weighted by molar-refractivity contribution is 0.0960. The van der Waals surface area contributed by atoms with Gasteiger partial charge in [0, 0.05) is 17.0 Å². The molecule has 3 aromatic rings. The van der Waals surface area contributed by atoms with Crippen LogP contribution in [-0.2, 0) is 10.0 Å². The highest BCUT2D eigenvalue weighted by Crippen LogP contribution is 2.46. The third-order valence-electron chi connectivity index (χ3n) is 5.35. The number of ketones is 1. The maximum Gasteiger partial charge on any atom is 0.265 e. The van der Waals surface area contributed by atoms with Crippen LogP contribution < -0.4 is 4.31 Å². The zero-order chi connectivity index (χ0) is 21.5. The molecular formula is C24H20FNO3S. The summed E-state index contributed by atoms with van der Waals surface area (Å²) in [5.41, 5.74) is 1.58. The van der Waals surface area contributed by atoms with E-state index in [1.54, 1.807) is 42.5 Å². The molecule has 0 saturated heterocycles. The average molecular weight is 421 g/mol. The number of carbonyl (C=O) groups excluding carboxylic acids is 1. The minimum atomic E-state index is -4.13. The Morgan fingerprint density at radius 2 is 1.67 bits per heavy atom. The van der Waals surface area contributed by atoms with E-state index in [9.17, 15) is 17.6 Å². The van der Waals surface area contributed by atoms with Crippen LogP contribution in [-0.4, -0.2) is 20.2 Å². The molecule has 1 aliphatic heterocycles. The molecule has 0 bridgehead atoms. The Kier molecular flexibility index (Phi) is 5.03. The third-order valence-corrected chi connectivity index (χ3v) is 7.16. The molecule has 0 fully saturated rings. The summed E-state index contributed by atoms with van der Waals surface area (Å²) in [7, 11) is -4.13. The molecule has 152 valence electrons. The monoisotopic (exact) mass is 421 g/mol. The van der Waals surface area contributed by atoms with Crippen LogP contribution in [0.15, 0.2) is 90.3 Å². The first-order chi connectivity index (χ1) is 14.4. The third kappa shape index (κ3) is 3.13. The van der Waals surface area contributed by atoms with Crippen molar-refractivity contribution in [1.82, 2.24) is 0 Å². The highest BCUT2D eigenvalue weighted by atomic mass is 32.2. The number of hydrogen-bond donors (Lipinski definition) is 0. The van der Waals surface area contributed by atoms with Crippen LogP contribution in [0.5, 0.6) is 0 Å². The zero-order valence-corrected chi connectivity index (χ0v) is 17.1. The summed E-state index contributed by atoms with van der Waals surface area (Å²) in [6.45, 7) is 5.62. The summed E-state index contributed by atoms with van der Waals surface area (Å²) in [6.07, 6.45) is 1.44. The lowest BCUT2D eigenvalue weighted by Crippen LogP contribution is -2.44. The molecular weight excluding hydrogens is 401 g/mol. The topological polar surface area (TPSA) is 54.5 Å². The predicted octanol–water partition coefficient (Wildman–Crippen LogP) is 4.86. The number of halogens is 1. The molecule has 0 amide bonds. The molecule has 1 aliphatic rings. The van der Waals surface area contributed by atoms with E-state index in [1.165, 1.54) is 36.4 Å². The van der Waals surface area contributed by atoms with Gasteiger partial charge in [-0.25, -0.2) is 12.8 Å². The molecule has 0 radical (unpaired) electrons. The van der Waals surface area contributed by atoms with E-state index >= 15 is 0 Å². The first kappa shape index (κ1) is 20.0. The molecule has 0 saturated carbocycles. The number of nitrogens with zero attached hydrogens (tertiary/aromatic N) is 1. The number of anilines is 1. The summed E-state index contributed by atoms with van der Waals surface area (Å²) < 4.78 is 43.1. The molecule has 4 rings (SSSR count). The van der Waals surface area contributed by atoms with Gasteiger partial charge < -0.3 is 0 Å². The molecule has 0 spiro atoms. The Morgan fingerprint density at radius 3 is 2.30 bits per heavy atom. The first-order valence-corrected chi connectivity index (χ1v) is 10.9. The molecule has 4 nitrogen and oxygen atoms in total. The van der Waals surface area contributed by atoms with Crippen molar-refractivity contribution in [3.63, 3.8) is 0 Å². The highest BCUT2D eigenvalue weighted by Gasteiger charge is 2.48. The van der Waals surface area contributed by atoms with Crippen molar-refractivity contribution in [3.8, 4) is 0 Å². The van der Waals surface area contributed by atoms with Crippen LogP contribution in [0.2, 0.25) is 0 Å². The van der Waals surface area contributed by atoms with Gasteiger partial charge in [-0.15, -0.1) is 6.58 Å². The van der Waals surface area contributed by atoms with Gasteiger partial charge in [-0.05, 0) is 31.2 Å². The lowest BCUT2D eigenvalue weighted by Gasteiger charge is -2.28. The van der Waals surface area contributed by atoms with Gasteiger partial charge >= 0.3 is 0 Å². The predicted molar refractivity (Wildman–Crippen MR) is 115 cm³/mol. The van der Waals surface area contributed by atoms with Crippen molar-refractivity contribution in [2.75, 3.05) is 4.31 Å². The highest BCUT2D eigenvalue weighted by molar-refractivity contribution is 7.93. The molecule has 1 heterocycles. The Bertz CT molecular complexity index is 1220. The molecule has 0 aliphatic carbocycles. The number of sulfonamides is 1. The summed E-state index contributed by atoms with van der Waals surface area (Å²) in [4.78, 5) is 13.5. The van der Waals surface area contributed by atoms with Crippen molar-refractivity contribution >= 4 is 21.5 Å². The summed E-state index contributed by atoms with van der Waals surface area (Å²) >= 11 is 0. The van der Waals surface area contributed by atoms with E-state index in [-0.39, 0.29) is 16.1 Å². The number of benzene rings is 3. The van der Waals surface area contributed by atoms with Crippen molar-refractivity contribution < 1.29 is 17.6 Å². The molecule has 6 heteroatoms. The quantitative estimate of drug-likeness (QED) is 0.437. The fourth-order valence-corrected chi connectivity index (χ4v) is 5.54. The van der Waals surface area contributed by atoms with Crippen molar-refractivity contribution in [3.05, 3.63) is 108 Å². The second-order valence-electron chi connectivity index (χ2n) is 7.22. The largest absolute Gasteiger partial charge is 0.292 e. The summed E-state index contributed by atoms with van der Waals surface area (Å²) in [5, 5.41) is 0. The van der Waals surface area contributed by atoms with Gasteiger partial charge in [-0.2, -0.15) is 0 Å². The van der Waals surface area contributed by atoms with Crippen LogP contribution in [0.1, 0.15) is 27.4 Å². The minimum absolute atomic E-state index is 0.0406. The number of Topliss-reactive ketones (excluding diaryl/α,β-unsaturated/α-hetero) is 1. The van der Waals surface area contributed by atoms with Crippen LogP contribution in [0, 0.1) is 12.7 Å². The lowest BCUT2D eigenvalue weighted by atomic mass is 9.90. The van der Waals surface area contributed by atoms with E-state index < -0.39 is 33.6 Å². The molecule has 30 heavy (non-hydrogen) atoms. The number of aryl methyl sites for hydroxylation is 1. The fraction of sp³-hybridized carbons (Fsp3) is 0.125. The fourth-order valence-electron chi connectivity index (χ4n) is 3.89. The van der Waals surface area contributed by atoms with E-state index in [1.807, 2.05) is 6.92 Å². The number of rotatable bonds is 5. The normalized spacial score (nSPS) is 18.1. The Hall–Kier alpha value is -3.25. The standard InChI is InChI=1S/C24H20FNO3S/c1-3-19-22-20(25)10-7-11-21(22)26(23(19)24(27)17-8-5-4-6-9-17)30(28,29)18-14-12-16(2)13-15-18/h3-15,19,23H,1H2,2H3/t19-,23-/m1/s1. The molecule has 0 aromatic heterocycles. The van der Waals surface area contributed by atoms with Gasteiger partial charge in [-0.1, -0.05) is 60.2 Å². The molecule has 0 unspecified atom stereocenters. The van der Waals surface area contributed by atoms with Gasteiger partial charge in [0.2, 0.25) is 0 Å². The van der Waals surface area contributed by atoms with Crippen LogP contribution in [0.3, 0.4) is 0 Å².